The lowest BCUT2D eigenvalue weighted by Gasteiger charge is -2.16. The zero-order chi connectivity index (χ0) is 16.1. The van der Waals surface area contributed by atoms with Crippen molar-refractivity contribution in [2.75, 3.05) is 0 Å². The molecule has 120 valence electrons. The van der Waals surface area contributed by atoms with E-state index in [0.29, 0.717) is 5.78 Å². The lowest BCUT2D eigenvalue weighted by Crippen LogP contribution is -2.12. The predicted octanol–water partition coefficient (Wildman–Crippen LogP) is 6.41. The fourth-order valence-electron chi connectivity index (χ4n) is 2.52. The number of ketones is 1. The number of rotatable bonds is 11. The Labute approximate surface area is 132 Å². The SMILES string of the molecule is C\C=C/C(CC(CCCC)C(C)=O)=C(\C=C\CCC)CC. The van der Waals surface area contributed by atoms with Crippen LogP contribution in [0.25, 0.3) is 0 Å². The molecule has 0 saturated carbocycles. The van der Waals surface area contributed by atoms with Crippen molar-refractivity contribution in [3.05, 3.63) is 35.5 Å². The summed E-state index contributed by atoms with van der Waals surface area (Å²) in [5, 5.41) is 0. The second kappa shape index (κ2) is 12.6. The molecule has 0 aliphatic rings. The summed E-state index contributed by atoms with van der Waals surface area (Å²) in [6.45, 7) is 10.4. The fraction of sp³-hybridized carbons (Fsp3) is 0.650. The monoisotopic (exact) mass is 290 g/mol. The van der Waals surface area contributed by atoms with Crippen molar-refractivity contribution < 1.29 is 4.79 Å². The molecule has 0 aromatic carbocycles. The number of carbonyl (C=O) groups excluding carboxylic acids is 1. The zero-order valence-electron chi connectivity index (χ0n) is 14.7. The zero-order valence-corrected chi connectivity index (χ0v) is 14.7. The number of unbranched alkanes of at least 4 members (excludes halogenated alkanes) is 2. The summed E-state index contributed by atoms with van der Waals surface area (Å²) in [6.07, 6.45) is 16.3. The molecule has 21 heavy (non-hydrogen) atoms. The maximum absolute atomic E-state index is 11.9. The third-order valence-electron chi connectivity index (χ3n) is 3.88. The molecule has 0 aliphatic heterocycles. The molecule has 0 amide bonds. The highest BCUT2D eigenvalue weighted by Gasteiger charge is 2.16. The van der Waals surface area contributed by atoms with Crippen molar-refractivity contribution in [1.82, 2.24) is 0 Å². The normalized spacial score (nSPS) is 14.7. The van der Waals surface area contributed by atoms with Gasteiger partial charge in [0, 0.05) is 5.92 Å². The number of allylic oxidation sites excluding steroid dienone is 6. The lowest BCUT2D eigenvalue weighted by atomic mass is 9.88. The van der Waals surface area contributed by atoms with Gasteiger partial charge in [-0.2, -0.15) is 0 Å². The number of hydrogen-bond donors (Lipinski definition) is 0. The van der Waals surface area contributed by atoms with Crippen LogP contribution < -0.4 is 0 Å². The number of hydrogen-bond acceptors (Lipinski definition) is 1. The second-order valence-corrected chi connectivity index (χ2v) is 5.75. The van der Waals surface area contributed by atoms with Crippen LogP contribution in [0.5, 0.6) is 0 Å². The minimum Gasteiger partial charge on any atom is -0.300 e. The Kier molecular flexibility index (Phi) is 12.0. The maximum Gasteiger partial charge on any atom is 0.133 e. The average molecular weight is 290 g/mol. The fourth-order valence-corrected chi connectivity index (χ4v) is 2.52. The standard InChI is InChI=1S/C20H34O/c1-6-10-12-15-18(9-4)20(13-8-3)16-19(17(5)21)14-11-7-2/h8,12-13,15,19H,6-7,9-11,14,16H2,1-5H3/b13-8-,15-12+,20-18+. The van der Waals surface area contributed by atoms with Crippen LogP contribution in [0.4, 0.5) is 0 Å². The van der Waals surface area contributed by atoms with Gasteiger partial charge in [-0.25, -0.2) is 0 Å². The molecule has 0 radical (unpaired) electrons. The van der Waals surface area contributed by atoms with Crippen molar-refractivity contribution in [2.45, 2.75) is 79.6 Å². The molecule has 1 nitrogen and oxygen atoms in total. The van der Waals surface area contributed by atoms with Crippen molar-refractivity contribution in [1.29, 1.82) is 0 Å². The summed E-state index contributed by atoms with van der Waals surface area (Å²) in [5.41, 5.74) is 2.72. The lowest BCUT2D eigenvalue weighted by molar-refractivity contribution is -0.120. The van der Waals surface area contributed by atoms with E-state index >= 15 is 0 Å². The summed E-state index contributed by atoms with van der Waals surface area (Å²) in [6, 6.07) is 0. The van der Waals surface area contributed by atoms with Crippen LogP contribution in [0.1, 0.15) is 79.6 Å². The van der Waals surface area contributed by atoms with Gasteiger partial charge in [0.05, 0.1) is 0 Å². The quantitative estimate of drug-likeness (QED) is 0.402. The van der Waals surface area contributed by atoms with E-state index in [-0.39, 0.29) is 5.92 Å². The van der Waals surface area contributed by atoms with Crippen LogP contribution in [-0.2, 0) is 4.79 Å². The Bertz CT molecular complexity index is 371. The molecule has 1 heteroatoms. The van der Waals surface area contributed by atoms with Gasteiger partial charge in [-0.3, -0.25) is 4.79 Å². The molecule has 0 saturated heterocycles. The Morgan fingerprint density at radius 2 is 1.76 bits per heavy atom. The topological polar surface area (TPSA) is 17.1 Å². The summed E-state index contributed by atoms with van der Waals surface area (Å²) >= 11 is 0. The Morgan fingerprint density at radius 1 is 1.05 bits per heavy atom. The molecule has 0 aliphatic carbocycles. The van der Waals surface area contributed by atoms with E-state index in [2.05, 4.69) is 52.0 Å². The first kappa shape index (κ1) is 19.9. The van der Waals surface area contributed by atoms with Gasteiger partial charge in [0.1, 0.15) is 5.78 Å². The minimum atomic E-state index is 0.178. The summed E-state index contributed by atoms with van der Waals surface area (Å²) in [5.74, 6) is 0.510. The van der Waals surface area contributed by atoms with E-state index in [0.717, 1.165) is 38.5 Å². The highest BCUT2D eigenvalue weighted by Crippen LogP contribution is 2.24. The van der Waals surface area contributed by atoms with E-state index in [1.165, 1.54) is 17.6 Å². The molecular weight excluding hydrogens is 256 g/mol. The first-order valence-corrected chi connectivity index (χ1v) is 8.62. The van der Waals surface area contributed by atoms with E-state index in [4.69, 9.17) is 0 Å². The molecular formula is C20H34O. The van der Waals surface area contributed by atoms with Crippen LogP contribution in [0, 0.1) is 5.92 Å². The molecule has 0 heterocycles. The van der Waals surface area contributed by atoms with Crippen LogP contribution in [0.2, 0.25) is 0 Å². The maximum atomic E-state index is 11.9. The molecule has 0 rings (SSSR count). The van der Waals surface area contributed by atoms with Crippen LogP contribution in [0.3, 0.4) is 0 Å². The second-order valence-electron chi connectivity index (χ2n) is 5.75. The highest BCUT2D eigenvalue weighted by atomic mass is 16.1. The van der Waals surface area contributed by atoms with Gasteiger partial charge in [0.15, 0.2) is 0 Å². The largest absolute Gasteiger partial charge is 0.300 e. The predicted molar refractivity (Wildman–Crippen MR) is 94.5 cm³/mol. The first-order valence-electron chi connectivity index (χ1n) is 8.62. The van der Waals surface area contributed by atoms with Crippen molar-refractivity contribution in [3.63, 3.8) is 0 Å². The number of carbonyl (C=O) groups is 1. The highest BCUT2D eigenvalue weighted by molar-refractivity contribution is 5.78. The first-order chi connectivity index (χ1) is 10.1. The molecule has 0 fully saturated rings. The Hall–Kier alpha value is -1.11. The van der Waals surface area contributed by atoms with Crippen LogP contribution >= 0.6 is 0 Å². The van der Waals surface area contributed by atoms with E-state index < -0.39 is 0 Å². The third-order valence-corrected chi connectivity index (χ3v) is 3.88. The summed E-state index contributed by atoms with van der Waals surface area (Å²) in [7, 11) is 0. The van der Waals surface area contributed by atoms with Crippen molar-refractivity contribution >= 4 is 5.78 Å². The third kappa shape index (κ3) is 8.70. The average Bonchev–Trinajstić information content (AvgIpc) is 2.47. The Balaban J connectivity index is 5.18. The smallest absolute Gasteiger partial charge is 0.133 e. The molecule has 0 N–H and O–H groups in total. The van der Waals surface area contributed by atoms with E-state index in [1.54, 1.807) is 6.92 Å². The van der Waals surface area contributed by atoms with Gasteiger partial charge < -0.3 is 0 Å². The van der Waals surface area contributed by atoms with E-state index in [9.17, 15) is 4.79 Å². The van der Waals surface area contributed by atoms with Crippen LogP contribution in [-0.4, -0.2) is 5.78 Å². The van der Waals surface area contributed by atoms with Gasteiger partial charge in [-0.15, -0.1) is 0 Å². The van der Waals surface area contributed by atoms with Crippen molar-refractivity contribution in [3.8, 4) is 0 Å². The van der Waals surface area contributed by atoms with Gasteiger partial charge in [-0.05, 0) is 50.7 Å². The van der Waals surface area contributed by atoms with Crippen LogP contribution in [0.15, 0.2) is 35.5 Å². The molecule has 1 atom stereocenters. The molecule has 0 aromatic heterocycles. The van der Waals surface area contributed by atoms with E-state index in [1.807, 2.05) is 0 Å². The molecule has 0 aromatic rings. The molecule has 0 bridgehead atoms. The molecule has 0 spiro atoms. The number of Topliss-reactive ketones (excluding diaryl/α,β-unsaturated/α-hetero) is 1. The van der Waals surface area contributed by atoms with Gasteiger partial charge in [0.2, 0.25) is 0 Å². The van der Waals surface area contributed by atoms with Gasteiger partial charge in [0.25, 0.3) is 0 Å². The molecule has 1 unspecified atom stereocenters. The summed E-state index contributed by atoms with van der Waals surface area (Å²) < 4.78 is 0. The van der Waals surface area contributed by atoms with Gasteiger partial charge in [-0.1, -0.05) is 64.3 Å². The Morgan fingerprint density at radius 3 is 2.24 bits per heavy atom. The van der Waals surface area contributed by atoms with Crippen molar-refractivity contribution in [2.24, 2.45) is 5.92 Å². The van der Waals surface area contributed by atoms with Gasteiger partial charge >= 0.3 is 0 Å². The minimum absolute atomic E-state index is 0.178. The summed E-state index contributed by atoms with van der Waals surface area (Å²) in [4.78, 5) is 11.9.